The number of benzene rings is 1. The average Bonchev–Trinajstić information content (AvgIpc) is 3.29. The van der Waals surface area contributed by atoms with Crippen molar-refractivity contribution in [3.05, 3.63) is 41.6 Å². The molecule has 19 heavy (non-hydrogen) atoms. The van der Waals surface area contributed by atoms with Gasteiger partial charge in [-0.05, 0) is 25.0 Å². The molecule has 0 unspecified atom stereocenters. The minimum atomic E-state index is -0.136. The number of aromatic nitrogens is 1. The molecule has 1 aromatic carbocycles. The van der Waals surface area contributed by atoms with Crippen LogP contribution in [0.5, 0.6) is 0 Å². The van der Waals surface area contributed by atoms with Crippen LogP contribution in [0, 0.1) is 0 Å². The molecule has 1 aliphatic rings. The van der Waals surface area contributed by atoms with Gasteiger partial charge in [0.1, 0.15) is 0 Å². The highest BCUT2D eigenvalue weighted by Gasteiger charge is 2.27. The molecule has 0 saturated heterocycles. The maximum Gasteiger partial charge on any atom is 0.277 e. The van der Waals surface area contributed by atoms with E-state index in [1.54, 1.807) is 7.05 Å². The largest absolute Gasteiger partial charge is 0.277 e. The highest BCUT2D eigenvalue weighted by atomic mass is 16.7. The molecule has 2 aromatic rings. The number of hydrogen-bond acceptors (Lipinski definition) is 3. The number of pyridine rings is 1. The number of carbonyl (C=O) groups is 1. The van der Waals surface area contributed by atoms with E-state index in [9.17, 15) is 4.79 Å². The lowest BCUT2D eigenvalue weighted by atomic mass is 10.1. The quantitative estimate of drug-likeness (QED) is 0.793. The second-order valence-electron chi connectivity index (χ2n) is 4.87. The first-order valence-electron chi connectivity index (χ1n) is 6.42. The van der Waals surface area contributed by atoms with E-state index < -0.39 is 0 Å². The van der Waals surface area contributed by atoms with Gasteiger partial charge in [-0.2, -0.15) is 0 Å². The van der Waals surface area contributed by atoms with Crippen LogP contribution >= 0.6 is 0 Å². The van der Waals surface area contributed by atoms with Crippen LogP contribution in [0.3, 0.4) is 0 Å². The minimum absolute atomic E-state index is 0.136. The van der Waals surface area contributed by atoms with Gasteiger partial charge in [0.05, 0.1) is 18.2 Å². The van der Waals surface area contributed by atoms with Crippen LogP contribution in [0.25, 0.3) is 10.9 Å². The average molecular weight is 256 g/mol. The summed E-state index contributed by atoms with van der Waals surface area (Å²) in [5.41, 5.74) is 2.56. The van der Waals surface area contributed by atoms with E-state index >= 15 is 0 Å². The lowest BCUT2D eigenvalue weighted by molar-refractivity contribution is -0.0755. The minimum Gasteiger partial charge on any atom is -0.274 e. The molecule has 4 heteroatoms. The molecule has 1 aliphatic carbocycles. The number of fused-ring (bicyclic) bond motifs is 1. The molecule has 1 heterocycles. The third-order valence-electron chi connectivity index (χ3n) is 3.52. The summed E-state index contributed by atoms with van der Waals surface area (Å²) in [4.78, 5) is 22.0. The fourth-order valence-electron chi connectivity index (χ4n) is 2.21. The molecular formula is C15H16N2O2. The highest BCUT2D eigenvalue weighted by molar-refractivity contribution is 6.05. The molecule has 0 aliphatic heterocycles. The molecule has 0 atom stereocenters. The fraction of sp³-hybridized carbons (Fsp3) is 0.333. The van der Waals surface area contributed by atoms with E-state index in [0.717, 1.165) is 16.6 Å². The van der Waals surface area contributed by atoms with E-state index in [-0.39, 0.29) is 5.91 Å². The van der Waals surface area contributed by atoms with Gasteiger partial charge in [-0.3, -0.25) is 14.6 Å². The van der Waals surface area contributed by atoms with Crippen molar-refractivity contribution < 1.29 is 9.63 Å². The molecule has 0 N–H and O–H groups in total. The van der Waals surface area contributed by atoms with Crippen molar-refractivity contribution in [1.82, 2.24) is 10.0 Å². The van der Waals surface area contributed by atoms with Crippen molar-refractivity contribution >= 4 is 16.8 Å². The van der Waals surface area contributed by atoms with Gasteiger partial charge in [0.2, 0.25) is 0 Å². The zero-order valence-electron chi connectivity index (χ0n) is 11.1. The Morgan fingerprint density at radius 2 is 2.11 bits per heavy atom. The molecule has 1 saturated carbocycles. The number of hydroxylamine groups is 2. The summed E-state index contributed by atoms with van der Waals surface area (Å²) in [7, 11) is 3.11. The van der Waals surface area contributed by atoms with Gasteiger partial charge < -0.3 is 0 Å². The van der Waals surface area contributed by atoms with E-state index in [1.807, 2.05) is 30.3 Å². The third-order valence-corrected chi connectivity index (χ3v) is 3.52. The maximum absolute atomic E-state index is 12.4. The van der Waals surface area contributed by atoms with Crippen LogP contribution in [-0.2, 0) is 4.84 Å². The van der Waals surface area contributed by atoms with Crippen LogP contribution in [0.4, 0.5) is 0 Å². The van der Waals surface area contributed by atoms with Crippen LogP contribution < -0.4 is 0 Å². The first kappa shape index (κ1) is 12.1. The maximum atomic E-state index is 12.4. The second kappa shape index (κ2) is 4.63. The van der Waals surface area contributed by atoms with Gasteiger partial charge in [-0.15, -0.1) is 0 Å². The monoisotopic (exact) mass is 256 g/mol. The van der Waals surface area contributed by atoms with E-state index in [1.165, 1.54) is 25.0 Å². The molecule has 4 nitrogen and oxygen atoms in total. The first-order chi connectivity index (χ1) is 9.20. The number of carbonyl (C=O) groups excluding carboxylic acids is 1. The number of para-hydroxylation sites is 1. The van der Waals surface area contributed by atoms with Gasteiger partial charge in [0.25, 0.3) is 5.91 Å². The van der Waals surface area contributed by atoms with Crippen molar-refractivity contribution in [3.63, 3.8) is 0 Å². The zero-order valence-corrected chi connectivity index (χ0v) is 11.1. The van der Waals surface area contributed by atoms with Crippen molar-refractivity contribution in [2.24, 2.45) is 0 Å². The van der Waals surface area contributed by atoms with Gasteiger partial charge in [-0.25, -0.2) is 5.06 Å². The molecule has 3 rings (SSSR count). The summed E-state index contributed by atoms with van der Waals surface area (Å²) < 4.78 is 0. The predicted molar refractivity (Wildman–Crippen MR) is 72.8 cm³/mol. The second-order valence-corrected chi connectivity index (χ2v) is 4.87. The molecule has 0 radical (unpaired) electrons. The van der Waals surface area contributed by atoms with Crippen LogP contribution in [0.1, 0.15) is 34.8 Å². The van der Waals surface area contributed by atoms with E-state index in [4.69, 9.17) is 4.84 Å². The van der Waals surface area contributed by atoms with Gasteiger partial charge in [0.15, 0.2) is 0 Å². The van der Waals surface area contributed by atoms with Gasteiger partial charge >= 0.3 is 0 Å². The smallest absolute Gasteiger partial charge is 0.274 e. The molecule has 98 valence electrons. The van der Waals surface area contributed by atoms with Gasteiger partial charge in [0, 0.05) is 24.0 Å². The number of hydrogen-bond donors (Lipinski definition) is 0. The summed E-state index contributed by atoms with van der Waals surface area (Å²) in [6.45, 7) is 0. The SMILES string of the molecule is CON(C)C(=O)c1cc(C2CC2)nc2ccccc12. The first-order valence-corrected chi connectivity index (χ1v) is 6.42. The Hall–Kier alpha value is -1.94. The standard InChI is InChI=1S/C15H16N2O2/c1-17(19-2)15(18)12-9-14(10-7-8-10)16-13-6-4-3-5-11(12)13/h3-6,9-10H,7-8H2,1-2H3. The third kappa shape index (κ3) is 2.19. The van der Waals surface area contributed by atoms with Crippen molar-refractivity contribution in [2.45, 2.75) is 18.8 Å². The Kier molecular flexibility index (Phi) is 2.95. The number of nitrogens with zero attached hydrogens (tertiary/aromatic N) is 2. The van der Waals surface area contributed by atoms with Crippen molar-refractivity contribution in [2.75, 3.05) is 14.2 Å². The summed E-state index contributed by atoms with van der Waals surface area (Å²) in [5, 5.41) is 2.12. The summed E-state index contributed by atoms with van der Waals surface area (Å²) in [5.74, 6) is 0.381. The van der Waals surface area contributed by atoms with E-state index in [2.05, 4.69) is 4.98 Å². The molecule has 1 amide bonds. The Balaban J connectivity index is 2.17. The molecular weight excluding hydrogens is 240 g/mol. The predicted octanol–water partition coefficient (Wildman–Crippen LogP) is 2.75. The lowest BCUT2D eigenvalue weighted by Gasteiger charge is -2.15. The highest BCUT2D eigenvalue weighted by Crippen LogP contribution is 2.40. The summed E-state index contributed by atoms with van der Waals surface area (Å²) >= 11 is 0. The Labute approximate surface area is 112 Å². The normalized spacial score (nSPS) is 14.6. The van der Waals surface area contributed by atoms with Crippen LogP contribution in [-0.4, -0.2) is 30.1 Å². The van der Waals surface area contributed by atoms with Gasteiger partial charge in [-0.1, -0.05) is 18.2 Å². The fourth-order valence-corrected chi connectivity index (χ4v) is 2.21. The van der Waals surface area contributed by atoms with E-state index in [0.29, 0.717) is 11.5 Å². The molecule has 0 spiro atoms. The van der Waals surface area contributed by atoms with Crippen LogP contribution in [0.2, 0.25) is 0 Å². The van der Waals surface area contributed by atoms with Crippen LogP contribution in [0.15, 0.2) is 30.3 Å². The number of rotatable bonds is 3. The van der Waals surface area contributed by atoms with Crippen molar-refractivity contribution in [3.8, 4) is 0 Å². The Morgan fingerprint density at radius 3 is 2.79 bits per heavy atom. The Morgan fingerprint density at radius 1 is 1.37 bits per heavy atom. The topological polar surface area (TPSA) is 42.4 Å². The lowest BCUT2D eigenvalue weighted by Crippen LogP contribution is -2.25. The molecule has 1 fully saturated rings. The summed E-state index contributed by atoms with van der Waals surface area (Å²) in [6.07, 6.45) is 2.33. The number of amides is 1. The molecule has 0 bridgehead atoms. The van der Waals surface area contributed by atoms with Crippen molar-refractivity contribution in [1.29, 1.82) is 0 Å². The Bertz CT molecular complexity index is 635. The zero-order chi connectivity index (χ0) is 13.4. The summed E-state index contributed by atoms with van der Waals surface area (Å²) in [6, 6.07) is 9.66. The molecule has 1 aromatic heterocycles.